The van der Waals surface area contributed by atoms with E-state index in [2.05, 4.69) is 5.10 Å². The third-order valence-corrected chi connectivity index (χ3v) is 6.47. The van der Waals surface area contributed by atoms with Gasteiger partial charge in [-0.1, -0.05) is 60.5 Å². The van der Waals surface area contributed by atoms with Gasteiger partial charge in [-0.15, -0.1) is 0 Å². The molecule has 0 unspecified atom stereocenters. The third kappa shape index (κ3) is 3.90. The van der Waals surface area contributed by atoms with Crippen molar-refractivity contribution in [2.75, 3.05) is 11.4 Å². The number of hydrogen-bond donors (Lipinski definition) is 0. The summed E-state index contributed by atoms with van der Waals surface area (Å²) < 4.78 is 3.18. The minimum Gasteiger partial charge on any atom is -0.339 e. The maximum Gasteiger partial charge on any atom is 0.296 e. The van der Waals surface area contributed by atoms with Gasteiger partial charge in [-0.3, -0.25) is 9.59 Å². The first-order valence-corrected chi connectivity index (χ1v) is 11.9. The Bertz CT molecular complexity index is 1630. The molecule has 0 N–H and O–H groups in total. The summed E-state index contributed by atoms with van der Waals surface area (Å²) >= 11 is 6.25. The van der Waals surface area contributed by atoms with Crippen LogP contribution in [0.15, 0.2) is 77.6 Å². The normalized spacial score (nSPS) is 11.3. The van der Waals surface area contributed by atoms with Crippen LogP contribution < -0.4 is 10.5 Å². The molecule has 2 aromatic heterocycles. The van der Waals surface area contributed by atoms with Gasteiger partial charge >= 0.3 is 0 Å². The molecule has 1 amide bonds. The van der Waals surface area contributed by atoms with E-state index in [0.717, 1.165) is 22.9 Å². The summed E-state index contributed by atoms with van der Waals surface area (Å²) in [5, 5.41) is 6.60. The van der Waals surface area contributed by atoms with Gasteiger partial charge in [-0.25, -0.2) is 0 Å². The largest absolute Gasteiger partial charge is 0.339 e. The number of amides is 1. The van der Waals surface area contributed by atoms with Crippen LogP contribution in [-0.2, 0) is 7.05 Å². The van der Waals surface area contributed by atoms with Crippen molar-refractivity contribution in [3.05, 3.63) is 99.4 Å². The second-order valence-electron chi connectivity index (χ2n) is 8.64. The summed E-state index contributed by atoms with van der Waals surface area (Å²) in [5.41, 5.74) is 3.61. The fourth-order valence-electron chi connectivity index (χ4n) is 4.53. The van der Waals surface area contributed by atoms with Crippen molar-refractivity contribution >= 4 is 45.0 Å². The Morgan fingerprint density at radius 2 is 1.77 bits per heavy atom. The molecule has 3 aromatic carbocycles. The first-order valence-electron chi connectivity index (χ1n) is 11.6. The number of hydrogen-bond acceptors (Lipinski definition) is 3. The minimum absolute atomic E-state index is 0.227. The lowest BCUT2D eigenvalue weighted by molar-refractivity contribution is 0.0982. The van der Waals surface area contributed by atoms with E-state index >= 15 is 0 Å². The zero-order chi connectivity index (χ0) is 24.7. The molecular formula is C28H25ClN4O2. The zero-order valence-corrected chi connectivity index (χ0v) is 20.6. The van der Waals surface area contributed by atoms with Crippen LogP contribution in [0, 0.1) is 6.92 Å². The maximum absolute atomic E-state index is 14.2. The molecule has 5 rings (SSSR count). The van der Waals surface area contributed by atoms with Crippen molar-refractivity contribution in [3.8, 4) is 5.69 Å². The summed E-state index contributed by atoms with van der Waals surface area (Å²) in [4.78, 5) is 29.6. The van der Waals surface area contributed by atoms with Crippen molar-refractivity contribution in [3.63, 3.8) is 0 Å². The van der Waals surface area contributed by atoms with Crippen molar-refractivity contribution < 1.29 is 4.79 Å². The van der Waals surface area contributed by atoms with E-state index in [4.69, 9.17) is 11.6 Å². The number of aryl methyl sites for hydroxylation is 2. The number of benzene rings is 3. The Balaban J connectivity index is 1.84. The van der Waals surface area contributed by atoms with E-state index in [-0.39, 0.29) is 17.2 Å². The van der Waals surface area contributed by atoms with Crippen LogP contribution in [0.25, 0.3) is 27.5 Å². The Morgan fingerprint density at radius 3 is 2.49 bits per heavy atom. The van der Waals surface area contributed by atoms with Crippen molar-refractivity contribution in [2.45, 2.75) is 20.3 Å². The summed E-state index contributed by atoms with van der Waals surface area (Å²) in [6, 6.07) is 22.4. The van der Waals surface area contributed by atoms with Gasteiger partial charge in [-0.05, 0) is 49.7 Å². The van der Waals surface area contributed by atoms with Gasteiger partial charge in [0.25, 0.3) is 11.5 Å². The average molecular weight is 485 g/mol. The molecule has 0 spiro atoms. The summed E-state index contributed by atoms with van der Waals surface area (Å²) in [6.07, 6.45) is 0.745. The average Bonchev–Trinajstić information content (AvgIpc) is 3.16. The maximum atomic E-state index is 14.2. The topological polar surface area (TPSA) is 60.1 Å². The lowest BCUT2D eigenvalue weighted by atomic mass is 10.1. The fourth-order valence-corrected chi connectivity index (χ4v) is 4.72. The fraction of sp³-hybridized carbons (Fsp3) is 0.179. The van der Waals surface area contributed by atoms with Gasteiger partial charge in [0.1, 0.15) is 5.52 Å². The summed E-state index contributed by atoms with van der Waals surface area (Å²) in [7, 11) is 1.85. The molecule has 0 atom stereocenters. The summed E-state index contributed by atoms with van der Waals surface area (Å²) in [6.45, 7) is 4.48. The van der Waals surface area contributed by atoms with Gasteiger partial charge in [0.05, 0.1) is 5.69 Å². The predicted octanol–water partition coefficient (Wildman–Crippen LogP) is 5.90. The molecule has 0 aliphatic rings. The quantitative estimate of drug-likeness (QED) is 0.312. The predicted molar refractivity (Wildman–Crippen MR) is 142 cm³/mol. The van der Waals surface area contributed by atoms with Crippen LogP contribution in [0.1, 0.15) is 29.4 Å². The molecule has 0 aliphatic heterocycles. The van der Waals surface area contributed by atoms with Crippen molar-refractivity contribution in [1.82, 2.24) is 14.3 Å². The van der Waals surface area contributed by atoms with Crippen molar-refractivity contribution in [2.24, 2.45) is 7.05 Å². The number of carbonyl (C=O) groups is 1. The van der Waals surface area contributed by atoms with Gasteiger partial charge in [0.15, 0.2) is 5.69 Å². The van der Waals surface area contributed by atoms with Crippen LogP contribution in [0.2, 0.25) is 5.02 Å². The van der Waals surface area contributed by atoms with Crippen LogP contribution in [0.4, 0.5) is 5.69 Å². The van der Waals surface area contributed by atoms with Gasteiger partial charge in [0, 0.05) is 40.6 Å². The van der Waals surface area contributed by atoms with Crippen LogP contribution in [0.5, 0.6) is 0 Å². The SMILES string of the molecule is CCCN(C(=O)c1nn(-c2ccc(C)cc2)c(=O)c2c1c1ccccc1n2C)c1cccc(Cl)c1. The lowest BCUT2D eigenvalue weighted by Crippen LogP contribution is -2.35. The van der Waals surface area contributed by atoms with Crippen LogP contribution >= 0.6 is 11.6 Å². The molecule has 0 saturated heterocycles. The van der Waals surface area contributed by atoms with E-state index in [1.165, 1.54) is 4.68 Å². The second-order valence-corrected chi connectivity index (χ2v) is 9.07. The number of anilines is 1. The first kappa shape index (κ1) is 22.9. The molecule has 176 valence electrons. The van der Waals surface area contributed by atoms with Crippen molar-refractivity contribution in [1.29, 1.82) is 0 Å². The molecule has 0 aliphatic carbocycles. The molecule has 0 fully saturated rings. The highest BCUT2D eigenvalue weighted by Gasteiger charge is 2.27. The number of carbonyl (C=O) groups excluding carboxylic acids is 1. The van der Waals surface area contributed by atoms with E-state index in [0.29, 0.717) is 33.8 Å². The highest BCUT2D eigenvalue weighted by atomic mass is 35.5. The zero-order valence-electron chi connectivity index (χ0n) is 19.8. The Labute approximate surface area is 208 Å². The highest BCUT2D eigenvalue weighted by Crippen LogP contribution is 2.30. The number of nitrogens with zero attached hydrogens (tertiary/aromatic N) is 4. The smallest absolute Gasteiger partial charge is 0.296 e. The van der Waals surface area contributed by atoms with E-state index in [1.807, 2.05) is 86.1 Å². The number of para-hydroxylation sites is 1. The Hall–Kier alpha value is -3.90. The minimum atomic E-state index is -0.281. The molecule has 2 heterocycles. The molecular weight excluding hydrogens is 460 g/mol. The molecule has 35 heavy (non-hydrogen) atoms. The third-order valence-electron chi connectivity index (χ3n) is 6.23. The number of aromatic nitrogens is 3. The second kappa shape index (κ2) is 9.04. The molecule has 0 saturated carbocycles. The van der Waals surface area contributed by atoms with E-state index < -0.39 is 0 Å². The molecule has 0 radical (unpaired) electrons. The highest BCUT2D eigenvalue weighted by molar-refractivity contribution is 6.31. The standard InChI is InChI=1S/C28H25ClN4O2/c1-4-16-32(21-9-7-8-19(29)17-21)27(34)25-24-22-10-5-6-11-23(22)31(3)26(24)28(35)33(30-25)20-14-12-18(2)13-15-20/h5-15,17H,4,16H2,1-3H3. The van der Waals surface area contributed by atoms with E-state index in [1.54, 1.807) is 17.0 Å². The Kier molecular flexibility index (Phi) is 5.91. The monoisotopic (exact) mass is 484 g/mol. The van der Waals surface area contributed by atoms with Gasteiger partial charge < -0.3 is 9.47 Å². The first-order chi connectivity index (χ1) is 16.9. The summed E-state index contributed by atoms with van der Waals surface area (Å²) in [5.74, 6) is -0.281. The lowest BCUT2D eigenvalue weighted by Gasteiger charge is -2.23. The van der Waals surface area contributed by atoms with Crippen LogP contribution in [-0.4, -0.2) is 26.8 Å². The molecule has 6 nitrogen and oxygen atoms in total. The van der Waals surface area contributed by atoms with Crippen LogP contribution in [0.3, 0.4) is 0 Å². The molecule has 0 bridgehead atoms. The Morgan fingerprint density at radius 1 is 1.03 bits per heavy atom. The molecule has 5 aromatic rings. The van der Waals surface area contributed by atoms with Gasteiger partial charge in [0.2, 0.25) is 0 Å². The number of fused-ring (bicyclic) bond motifs is 3. The van der Waals surface area contributed by atoms with Gasteiger partial charge in [-0.2, -0.15) is 9.78 Å². The molecule has 7 heteroatoms. The van der Waals surface area contributed by atoms with E-state index in [9.17, 15) is 9.59 Å². The number of halogens is 1. The number of rotatable bonds is 5.